The number of carbonyl (C=O) groups is 2. The number of hydrogen-bond acceptors (Lipinski definition) is 2. The summed E-state index contributed by atoms with van der Waals surface area (Å²) in [6.45, 7) is 4.62. The molecule has 15 heavy (non-hydrogen) atoms. The van der Waals surface area contributed by atoms with E-state index in [-0.39, 0.29) is 11.8 Å². The molecule has 88 valence electrons. The fraction of sp³-hybridized carbons (Fsp3) is 0.818. The lowest BCUT2D eigenvalue weighted by Gasteiger charge is -2.18. The second-order valence-electron chi connectivity index (χ2n) is 3.90. The van der Waals surface area contributed by atoms with E-state index in [1.165, 1.54) is 0 Å². The summed E-state index contributed by atoms with van der Waals surface area (Å²) in [4.78, 5) is 20.9. The van der Waals surface area contributed by atoms with Gasteiger partial charge in [-0.05, 0) is 18.8 Å². The predicted molar refractivity (Wildman–Crippen MR) is 58.5 cm³/mol. The molecule has 1 amide bonds. The molecule has 0 heterocycles. The fourth-order valence-electron chi connectivity index (χ4n) is 1.59. The molecule has 0 aliphatic carbocycles. The Morgan fingerprint density at radius 1 is 1.47 bits per heavy atom. The summed E-state index contributed by atoms with van der Waals surface area (Å²) in [7, 11) is 0. The Labute approximate surface area is 91.1 Å². The Hall–Kier alpha value is -1.06. The molecule has 0 fully saturated rings. The number of carboxylic acid groups (broad SMARTS) is 1. The molecule has 4 nitrogen and oxygen atoms in total. The van der Waals surface area contributed by atoms with Crippen molar-refractivity contribution in [3.8, 4) is 0 Å². The number of hydrogen-bond donors (Lipinski definition) is 2. The molecule has 4 heteroatoms. The highest BCUT2D eigenvalue weighted by molar-refractivity contribution is 5.70. The van der Waals surface area contributed by atoms with E-state index in [0.29, 0.717) is 19.4 Å². The fourth-order valence-corrected chi connectivity index (χ4v) is 1.59. The summed E-state index contributed by atoms with van der Waals surface area (Å²) in [5, 5.41) is 11.6. The van der Waals surface area contributed by atoms with Crippen molar-refractivity contribution < 1.29 is 14.7 Å². The van der Waals surface area contributed by atoms with Crippen LogP contribution in [-0.2, 0) is 9.59 Å². The number of rotatable bonds is 9. The Morgan fingerprint density at radius 3 is 2.60 bits per heavy atom. The van der Waals surface area contributed by atoms with Crippen LogP contribution >= 0.6 is 0 Å². The van der Waals surface area contributed by atoms with Crippen molar-refractivity contribution in [2.75, 3.05) is 6.54 Å². The third-order valence-corrected chi connectivity index (χ3v) is 2.82. The third kappa shape index (κ3) is 6.10. The van der Waals surface area contributed by atoms with Crippen molar-refractivity contribution in [3.05, 3.63) is 0 Å². The van der Waals surface area contributed by atoms with E-state index in [2.05, 4.69) is 5.32 Å². The molecule has 0 bridgehead atoms. The first-order chi connectivity index (χ1) is 7.13. The Morgan fingerprint density at radius 2 is 2.13 bits per heavy atom. The first kappa shape index (κ1) is 13.9. The van der Waals surface area contributed by atoms with Crippen molar-refractivity contribution >= 4 is 12.4 Å². The van der Waals surface area contributed by atoms with E-state index in [0.717, 1.165) is 19.3 Å². The van der Waals surface area contributed by atoms with Gasteiger partial charge >= 0.3 is 5.97 Å². The molecular weight excluding hydrogens is 194 g/mol. The van der Waals surface area contributed by atoms with E-state index in [1.807, 2.05) is 13.8 Å². The van der Waals surface area contributed by atoms with E-state index in [9.17, 15) is 9.59 Å². The molecule has 0 rings (SSSR count). The van der Waals surface area contributed by atoms with Gasteiger partial charge in [-0.1, -0.05) is 26.7 Å². The summed E-state index contributed by atoms with van der Waals surface area (Å²) in [5.41, 5.74) is 0. The van der Waals surface area contributed by atoms with Crippen molar-refractivity contribution in [3.63, 3.8) is 0 Å². The van der Waals surface area contributed by atoms with Gasteiger partial charge in [-0.3, -0.25) is 9.59 Å². The van der Waals surface area contributed by atoms with Crippen LogP contribution in [0.3, 0.4) is 0 Å². The van der Waals surface area contributed by atoms with Gasteiger partial charge in [0.2, 0.25) is 6.41 Å². The molecule has 0 aromatic carbocycles. The Kier molecular flexibility index (Phi) is 7.68. The minimum atomic E-state index is -0.701. The number of carboxylic acids is 1. The van der Waals surface area contributed by atoms with Crippen LogP contribution in [-0.4, -0.2) is 24.0 Å². The molecule has 0 aromatic rings. The van der Waals surface area contributed by atoms with Crippen molar-refractivity contribution in [2.45, 2.75) is 39.5 Å². The lowest BCUT2D eigenvalue weighted by atomic mass is 9.87. The largest absolute Gasteiger partial charge is 0.481 e. The highest BCUT2D eigenvalue weighted by atomic mass is 16.4. The average Bonchev–Trinajstić information content (AvgIpc) is 2.22. The number of amides is 1. The van der Waals surface area contributed by atoms with Crippen molar-refractivity contribution in [1.29, 1.82) is 0 Å². The summed E-state index contributed by atoms with van der Waals surface area (Å²) in [6, 6.07) is 0. The standard InChI is InChI=1S/C11H21NO3/c1-3-9(2)10(11(14)15)6-4-5-7-12-8-13/h8-10H,3-7H2,1-2H3,(H,12,13)(H,14,15). The average molecular weight is 215 g/mol. The number of carbonyl (C=O) groups excluding carboxylic acids is 1. The van der Waals surface area contributed by atoms with Gasteiger partial charge in [-0.25, -0.2) is 0 Å². The molecular formula is C11H21NO3. The Balaban J connectivity index is 3.76. The van der Waals surface area contributed by atoms with Gasteiger partial charge < -0.3 is 10.4 Å². The van der Waals surface area contributed by atoms with Crippen LogP contribution in [0.4, 0.5) is 0 Å². The minimum absolute atomic E-state index is 0.224. The van der Waals surface area contributed by atoms with Gasteiger partial charge in [0, 0.05) is 6.54 Å². The smallest absolute Gasteiger partial charge is 0.306 e. The molecule has 0 radical (unpaired) electrons. The number of unbranched alkanes of at least 4 members (excludes halogenated alkanes) is 1. The molecule has 0 saturated carbocycles. The quantitative estimate of drug-likeness (QED) is 0.454. The van der Waals surface area contributed by atoms with Crippen LogP contribution < -0.4 is 5.32 Å². The van der Waals surface area contributed by atoms with Crippen LogP contribution in [0, 0.1) is 11.8 Å². The minimum Gasteiger partial charge on any atom is -0.481 e. The summed E-state index contributed by atoms with van der Waals surface area (Å²) < 4.78 is 0. The number of aliphatic carboxylic acids is 1. The first-order valence-electron chi connectivity index (χ1n) is 5.53. The highest BCUT2D eigenvalue weighted by Crippen LogP contribution is 2.21. The zero-order chi connectivity index (χ0) is 11.7. The predicted octanol–water partition coefficient (Wildman–Crippen LogP) is 1.65. The van der Waals surface area contributed by atoms with Gasteiger partial charge in [0.05, 0.1) is 5.92 Å². The van der Waals surface area contributed by atoms with Crippen molar-refractivity contribution in [2.24, 2.45) is 11.8 Å². The summed E-state index contributed by atoms with van der Waals surface area (Å²) in [6.07, 6.45) is 3.96. The molecule has 0 aromatic heterocycles. The highest BCUT2D eigenvalue weighted by Gasteiger charge is 2.22. The van der Waals surface area contributed by atoms with E-state index < -0.39 is 5.97 Å². The zero-order valence-corrected chi connectivity index (χ0v) is 9.53. The molecule has 0 saturated heterocycles. The SMILES string of the molecule is CCC(C)C(CCCCNC=O)C(=O)O. The number of nitrogens with one attached hydrogen (secondary N) is 1. The van der Waals surface area contributed by atoms with E-state index in [1.54, 1.807) is 0 Å². The maximum atomic E-state index is 10.9. The molecule has 2 unspecified atom stereocenters. The molecule has 0 aliphatic rings. The van der Waals surface area contributed by atoms with Gasteiger partial charge in [-0.15, -0.1) is 0 Å². The molecule has 2 N–H and O–H groups in total. The van der Waals surface area contributed by atoms with Gasteiger partial charge in [0.15, 0.2) is 0 Å². The summed E-state index contributed by atoms with van der Waals surface area (Å²) >= 11 is 0. The van der Waals surface area contributed by atoms with Crippen molar-refractivity contribution in [1.82, 2.24) is 5.32 Å². The lowest BCUT2D eigenvalue weighted by molar-refractivity contribution is -0.143. The lowest BCUT2D eigenvalue weighted by Crippen LogP contribution is -2.21. The van der Waals surface area contributed by atoms with Gasteiger partial charge in [0.1, 0.15) is 0 Å². The molecule has 0 aliphatic heterocycles. The van der Waals surface area contributed by atoms with Crippen LogP contribution in [0.1, 0.15) is 39.5 Å². The van der Waals surface area contributed by atoms with Crippen LogP contribution in [0.2, 0.25) is 0 Å². The van der Waals surface area contributed by atoms with Gasteiger partial charge in [0.25, 0.3) is 0 Å². The van der Waals surface area contributed by atoms with E-state index in [4.69, 9.17) is 5.11 Å². The normalized spacial score (nSPS) is 14.3. The topological polar surface area (TPSA) is 66.4 Å². The monoisotopic (exact) mass is 215 g/mol. The maximum Gasteiger partial charge on any atom is 0.306 e. The van der Waals surface area contributed by atoms with Crippen LogP contribution in [0.5, 0.6) is 0 Å². The van der Waals surface area contributed by atoms with Gasteiger partial charge in [-0.2, -0.15) is 0 Å². The van der Waals surface area contributed by atoms with Crippen LogP contribution in [0.25, 0.3) is 0 Å². The third-order valence-electron chi connectivity index (χ3n) is 2.82. The Bertz CT molecular complexity index is 194. The zero-order valence-electron chi connectivity index (χ0n) is 9.53. The second kappa shape index (κ2) is 8.26. The molecule has 0 spiro atoms. The maximum absolute atomic E-state index is 10.9. The molecule has 2 atom stereocenters. The second-order valence-corrected chi connectivity index (χ2v) is 3.90. The summed E-state index contributed by atoms with van der Waals surface area (Å²) in [5.74, 6) is -0.722. The van der Waals surface area contributed by atoms with Crippen LogP contribution in [0.15, 0.2) is 0 Å². The van der Waals surface area contributed by atoms with E-state index >= 15 is 0 Å². The first-order valence-corrected chi connectivity index (χ1v) is 5.53.